The van der Waals surface area contributed by atoms with Crippen molar-refractivity contribution < 1.29 is 14.6 Å². The van der Waals surface area contributed by atoms with E-state index in [0.717, 1.165) is 39.5 Å². The van der Waals surface area contributed by atoms with Crippen molar-refractivity contribution in [3.8, 4) is 28.1 Å². The third kappa shape index (κ3) is 3.00. The van der Waals surface area contributed by atoms with Crippen LogP contribution in [0.3, 0.4) is 0 Å². The Morgan fingerprint density at radius 2 is 1.78 bits per heavy atom. The number of carbonyl (C=O) groups is 1. The SMILES string of the molecule is COc1ccc(-c2cc(-c3ccccc3)nc3sc(C(=O)O)c(N)c23)cc1. The van der Waals surface area contributed by atoms with Crippen molar-refractivity contribution in [3.05, 3.63) is 65.5 Å². The van der Waals surface area contributed by atoms with E-state index in [2.05, 4.69) is 4.98 Å². The standard InChI is InChI=1S/C21H16N2O3S/c1-26-14-9-7-12(8-10-14)15-11-16(13-5-3-2-4-6-13)23-20-17(15)18(22)19(27-20)21(24)25/h2-11H,22H2,1H3,(H,24,25). The summed E-state index contributed by atoms with van der Waals surface area (Å²) in [5.41, 5.74) is 9.93. The molecule has 0 spiro atoms. The number of hydrogen-bond donors (Lipinski definition) is 2. The van der Waals surface area contributed by atoms with Crippen LogP contribution >= 0.6 is 11.3 Å². The molecule has 0 fully saturated rings. The highest BCUT2D eigenvalue weighted by Crippen LogP contribution is 2.41. The minimum atomic E-state index is -1.04. The first kappa shape index (κ1) is 17.1. The maximum atomic E-state index is 11.6. The number of thiophene rings is 1. The number of pyridine rings is 1. The smallest absolute Gasteiger partial charge is 0.348 e. The summed E-state index contributed by atoms with van der Waals surface area (Å²) in [6.45, 7) is 0. The first-order chi connectivity index (χ1) is 13.1. The number of nitrogens with two attached hydrogens (primary N) is 1. The molecule has 0 aliphatic carbocycles. The highest BCUT2D eigenvalue weighted by Gasteiger charge is 2.21. The van der Waals surface area contributed by atoms with Crippen molar-refractivity contribution >= 4 is 33.2 Å². The van der Waals surface area contributed by atoms with Gasteiger partial charge in [0.2, 0.25) is 0 Å². The van der Waals surface area contributed by atoms with Crippen LogP contribution in [0.1, 0.15) is 9.67 Å². The molecule has 0 radical (unpaired) electrons. The molecule has 27 heavy (non-hydrogen) atoms. The van der Waals surface area contributed by atoms with Crippen molar-refractivity contribution in [3.63, 3.8) is 0 Å². The number of ether oxygens (including phenoxy) is 1. The maximum Gasteiger partial charge on any atom is 0.348 e. The lowest BCUT2D eigenvalue weighted by Crippen LogP contribution is -1.97. The first-order valence-electron chi connectivity index (χ1n) is 8.24. The Morgan fingerprint density at radius 1 is 1.07 bits per heavy atom. The van der Waals surface area contributed by atoms with Crippen LogP contribution < -0.4 is 10.5 Å². The van der Waals surface area contributed by atoms with E-state index in [-0.39, 0.29) is 10.6 Å². The summed E-state index contributed by atoms with van der Waals surface area (Å²) in [5, 5.41) is 10.1. The van der Waals surface area contributed by atoms with Gasteiger partial charge in [-0.05, 0) is 29.3 Å². The van der Waals surface area contributed by atoms with Crippen LogP contribution in [0.25, 0.3) is 32.6 Å². The van der Waals surface area contributed by atoms with Crippen molar-refractivity contribution in [2.45, 2.75) is 0 Å². The van der Waals surface area contributed by atoms with Gasteiger partial charge in [-0.25, -0.2) is 9.78 Å². The Kier molecular flexibility index (Phi) is 4.25. The van der Waals surface area contributed by atoms with Gasteiger partial charge in [-0.2, -0.15) is 0 Å². The number of nitrogen functional groups attached to an aromatic ring is 1. The predicted octanol–water partition coefficient (Wildman–Crippen LogP) is 4.92. The molecule has 5 nitrogen and oxygen atoms in total. The van der Waals surface area contributed by atoms with Crippen LogP contribution in [0.5, 0.6) is 5.75 Å². The van der Waals surface area contributed by atoms with Gasteiger partial charge in [0.25, 0.3) is 0 Å². The van der Waals surface area contributed by atoms with Gasteiger partial charge in [0.05, 0.1) is 18.5 Å². The molecule has 0 bridgehead atoms. The van der Waals surface area contributed by atoms with Gasteiger partial charge >= 0.3 is 5.97 Å². The topological polar surface area (TPSA) is 85.4 Å². The lowest BCUT2D eigenvalue weighted by molar-refractivity contribution is 0.0703. The maximum absolute atomic E-state index is 11.6. The minimum absolute atomic E-state index is 0.109. The normalized spacial score (nSPS) is 10.9. The summed E-state index contributed by atoms with van der Waals surface area (Å²) >= 11 is 1.10. The summed E-state index contributed by atoms with van der Waals surface area (Å²) in [6, 6.07) is 19.3. The van der Waals surface area contributed by atoms with Gasteiger partial charge in [0, 0.05) is 10.9 Å². The Hall–Kier alpha value is -3.38. The molecule has 3 N–H and O–H groups in total. The molecule has 2 aromatic heterocycles. The van der Waals surface area contributed by atoms with Crippen molar-refractivity contribution in [2.75, 3.05) is 12.8 Å². The molecule has 6 heteroatoms. The number of methoxy groups -OCH3 is 1. The Morgan fingerprint density at radius 3 is 2.41 bits per heavy atom. The molecule has 0 saturated heterocycles. The molecule has 134 valence electrons. The number of aromatic nitrogens is 1. The molecular formula is C21H16N2O3S. The largest absolute Gasteiger partial charge is 0.497 e. The average Bonchev–Trinajstić information content (AvgIpc) is 3.05. The second-order valence-electron chi connectivity index (χ2n) is 5.98. The number of carboxylic acid groups (broad SMARTS) is 1. The highest BCUT2D eigenvalue weighted by atomic mass is 32.1. The predicted molar refractivity (Wildman–Crippen MR) is 108 cm³/mol. The van der Waals surface area contributed by atoms with E-state index in [1.165, 1.54) is 0 Å². The van der Waals surface area contributed by atoms with Crippen molar-refractivity contribution in [1.29, 1.82) is 0 Å². The molecule has 0 atom stereocenters. The number of fused-ring (bicyclic) bond motifs is 1. The molecule has 0 saturated carbocycles. The summed E-state index contributed by atoms with van der Waals surface area (Å²) in [4.78, 5) is 17.0. The molecular weight excluding hydrogens is 360 g/mol. The van der Waals surface area contributed by atoms with Gasteiger partial charge in [0.1, 0.15) is 15.5 Å². The van der Waals surface area contributed by atoms with Gasteiger partial charge in [-0.1, -0.05) is 42.5 Å². The van der Waals surface area contributed by atoms with Crippen LogP contribution in [0.15, 0.2) is 60.7 Å². The first-order valence-corrected chi connectivity index (χ1v) is 9.06. The van der Waals surface area contributed by atoms with E-state index in [9.17, 15) is 9.90 Å². The summed E-state index contributed by atoms with van der Waals surface area (Å²) in [5.74, 6) is -0.297. The third-order valence-corrected chi connectivity index (χ3v) is 5.45. The molecule has 0 unspecified atom stereocenters. The number of nitrogens with zero attached hydrogens (tertiary/aromatic N) is 1. The number of aromatic carboxylic acids is 1. The van der Waals surface area contributed by atoms with E-state index < -0.39 is 5.97 Å². The van der Waals surface area contributed by atoms with Gasteiger partial charge in [-0.15, -0.1) is 11.3 Å². The molecule has 4 aromatic rings. The summed E-state index contributed by atoms with van der Waals surface area (Å²) in [7, 11) is 1.61. The number of benzene rings is 2. The van der Waals surface area contributed by atoms with E-state index in [4.69, 9.17) is 10.5 Å². The zero-order chi connectivity index (χ0) is 19.0. The molecule has 2 aromatic carbocycles. The molecule has 0 aliphatic rings. The Labute approximate surface area is 159 Å². The van der Waals surface area contributed by atoms with Crippen molar-refractivity contribution in [2.24, 2.45) is 0 Å². The fourth-order valence-electron chi connectivity index (χ4n) is 3.03. The van der Waals surface area contributed by atoms with Crippen molar-refractivity contribution in [1.82, 2.24) is 4.98 Å². The number of anilines is 1. The molecule has 2 heterocycles. The molecule has 4 rings (SSSR count). The van der Waals surface area contributed by atoms with E-state index >= 15 is 0 Å². The van der Waals surface area contributed by atoms with Crippen LogP contribution in [0.2, 0.25) is 0 Å². The number of rotatable bonds is 4. The second-order valence-corrected chi connectivity index (χ2v) is 6.98. The Balaban J connectivity index is 2.02. The lowest BCUT2D eigenvalue weighted by atomic mass is 9.99. The fourth-order valence-corrected chi connectivity index (χ4v) is 3.99. The van der Waals surface area contributed by atoms with Crippen LogP contribution in [0, 0.1) is 0 Å². The van der Waals surface area contributed by atoms with E-state index in [0.29, 0.717) is 10.2 Å². The zero-order valence-electron chi connectivity index (χ0n) is 14.5. The minimum Gasteiger partial charge on any atom is -0.497 e. The second kappa shape index (κ2) is 6.74. The van der Waals surface area contributed by atoms with E-state index in [1.807, 2.05) is 60.7 Å². The quantitative estimate of drug-likeness (QED) is 0.528. The van der Waals surface area contributed by atoms with Crippen LogP contribution in [0.4, 0.5) is 5.69 Å². The lowest BCUT2D eigenvalue weighted by Gasteiger charge is -2.09. The van der Waals surface area contributed by atoms with Gasteiger partial charge in [-0.3, -0.25) is 0 Å². The fraction of sp³-hybridized carbons (Fsp3) is 0.0476. The third-order valence-electron chi connectivity index (χ3n) is 4.36. The summed E-state index contributed by atoms with van der Waals surface area (Å²) in [6.07, 6.45) is 0. The summed E-state index contributed by atoms with van der Waals surface area (Å²) < 4.78 is 5.23. The monoisotopic (exact) mass is 376 g/mol. The highest BCUT2D eigenvalue weighted by molar-refractivity contribution is 7.21. The average molecular weight is 376 g/mol. The molecule has 0 aliphatic heterocycles. The van der Waals surface area contributed by atoms with Crippen LogP contribution in [-0.2, 0) is 0 Å². The van der Waals surface area contributed by atoms with Gasteiger partial charge in [0.15, 0.2) is 0 Å². The molecule has 0 amide bonds. The Bertz CT molecular complexity index is 1140. The zero-order valence-corrected chi connectivity index (χ0v) is 15.3. The number of carboxylic acids is 1. The van der Waals surface area contributed by atoms with Crippen LogP contribution in [-0.4, -0.2) is 23.2 Å². The van der Waals surface area contributed by atoms with E-state index in [1.54, 1.807) is 7.11 Å². The number of hydrogen-bond acceptors (Lipinski definition) is 5. The van der Waals surface area contributed by atoms with Gasteiger partial charge < -0.3 is 15.6 Å².